The number of nitrogens with one attached hydrogen (secondary N) is 1. The van der Waals surface area contributed by atoms with Crippen LogP contribution < -0.4 is 5.32 Å². The van der Waals surface area contributed by atoms with E-state index in [0.717, 1.165) is 5.01 Å². The van der Waals surface area contributed by atoms with E-state index in [0.29, 0.717) is 12.0 Å². The highest BCUT2D eigenvalue weighted by atomic mass is 16.4. The lowest BCUT2D eigenvalue weighted by atomic mass is 10.00. The predicted octanol–water partition coefficient (Wildman–Crippen LogP) is 1.44. The zero-order valence-corrected chi connectivity index (χ0v) is 11.7. The minimum absolute atomic E-state index is 0.0477. The van der Waals surface area contributed by atoms with Crippen molar-refractivity contribution >= 4 is 24.1 Å². The van der Waals surface area contributed by atoms with Gasteiger partial charge in [-0.1, -0.05) is 25.1 Å². The van der Waals surface area contributed by atoms with E-state index < -0.39 is 23.4 Å². The van der Waals surface area contributed by atoms with Gasteiger partial charge in [-0.25, -0.2) is 9.59 Å². The SMILES string of the molecule is CC[C@]1(C)NC(=O)N(/N=C\c2ccccc2C(=O)O)C1=O. The first-order chi connectivity index (χ1) is 9.89. The molecule has 1 heterocycles. The second-order valence-electron chi connectivity index (χ2n) is 4.87. The van der Waals surface area contributed by atoms with Gasteiger partial charge in [0.1, 0.15) is 5.54 Å². The number of aromatic carboxylic acids is 1. The molecule has 0 aromatic heterocycles. The molecule has 110 valence electrons. The van der Waals surface area contributed by atoms with Crippen molar-refractivity contribution in [3.63, 3.8) is 0 Å². The lowest BCUT2D eigenvalue weighted by Crippen LogP contribution is -2.42. The summed E-state index contributed by atoms with van der Waals surface area (Å²) < 4.78 is 0. The van der Waals surface area contributed by atoms with Gasteiger partial charge < -0.3 is 10.4 Å². The molecule has 0 saturated carbocycles. The van der Waals surface area contributed by atoms with E-state index in [1.165, 1.54) is 12.3 Å². The first kappa shape index (κ1) is 14.7. The summed E-state index contributed by atoms with van der Waals surface area (Å²) in [4.78, 5) is 35.0. The Kier molecular flexibility index (Phi) is 3.75. The number of carboxylic acids is 1. The number of imide groups is 1. The van der Waals surface area contributed by atoms with Gasteiger partial charge in [0.25, 0.3) is 5.91 Å². The zero-order chi connectivity index (χ0) is 15.6. The van der Waals surface area contributed by atoms with Crippen LogP contribution in [-0.4, -0.2) is 39.8 Å². The predicted molar refractivity (Wildman–Crippen MR) is 75.1 cm³/mol. The Bertz CT molecular complexity index is 641. The van der Waals surface area contributed by atoms with E-state index in [9.17, 15) is 14.4 Å². The maximum atomic E-state index is 12.1. The van der Waals surface area contributed by atoms with E-state index in [4.69, 9.17) is 5.11 Å². The summed E-state index contributed by atoms with van der Waals surface area (Å²) in [6.07, 6.45) is 1.64. The zero-order valence-electron chi connectivity index (χ0n) is 11.7. The van der Waals surface area contributed by atoms with Gasteiger partial charge in [-0.05, 0) is 19.4 Å². The van der Waals surface area contributed by atoms with Crippen LogP contribution in [0.15, 0.2) is 29.4 Å². The lowest BCUT2D eigenvalue weighted by molar-refractivity contribution is -0.130. The quantitative estimate of drug-likeness (QED) is 0.647. The van der Waals surface area contributed by atoms with E-state index in [1.54, 1.807) is 32.0 Å². The minimum Gasteiger partial charge on any atom is -0.478 e. The molecule has 0 radical (unpaired) electrons. The average molecular weight is 289 g/mol. The summed E-state index contributed by atoms with van der Waals surface area (Å²) in [5.41, 5.74) is -0.608. The van der Waals surface area contributed by atoms with Gasteiger partial charge in [0.15, 0.2) is 0 Å². The third kappa shape index (κ3) is 2.62. The Hall–Kier alpha value is -2.70. The Labute approximate surface area is 121 Å². The first-order valence-electron chi connectivity index (χ1n) is 6.42. The maximum Gasteiger partial charge on any atom is 0.346 e. The summed E-state index contributed by atoms with van der Waals surface area (Å²) in [5.74, 6) is -1.56. The van der Waals surface area contributed by atoms with E-state index >= 15 is 0 Å². The highest BCUT2D eigenvalue weighted by Crippen LogP contribution is 2.21. The highest BCUT2D eigenvalue weighted by Gasteiger charge is 2.46. The molecular formula is C14H15N3O4. The van der Waals surface area contributed by atoms with Gasteiger partial charge in [0.05, 0.1) is 11.8 Å². The van der Waals surface area contributed by atoms with Crippen LogP contribution in [0.25, 0.3) is 0 Å². The molecule has 1 aromatic rings. The van der Waals surface area contributed by atoms with Crippen molar-refractivity contribution in [3.05, 3.63) is 35.4 Å². The van der Waals surface area contributed by atoms with Crippen LogP contribution in [-0.2, 0) is 4.79 Å². The normalized spacial score (nSPS) is 21.9. The number of carbonyl (C=O) groups is 3. The van der Waals surface area contributed by atoms with Crippen LogP contribution in [0.4, 0.5) is 4.79 Å². The Morgan fingerprint density at radius 2 is 2.10 bits per heavy atom. The molecule has 0 aliphatic carbocycles. The standard InChI is InChI=1S/C14H15N3O4/c1-3-14(2)12(20)17(13(21)16-14)15-8-9-6-4-5-7-10(9)11(18)19/h4-8H,3H2,1-2H3,(H,16,21)(H,18,19)/b15-8-/t14-/m0/s1. The monoisotopic (exact) mass is 289 g/mol. The van der Waals surface area contributed by atoms with Crippen molar-refractivity contribution in [2.24, 2.45) is 5.10 Å². The number of benzene rings is 1. The van der Waals surface area contributed by atoms with Gasteiger partial charge in [0, 0.05) is 5.56 Å². The van der Waals surface area contributed by atoms with Gasteiger partial charge in [-0.2, -0.15) is 5.10 Å². The number of urea groups is 1. The highest BCUT2D eigenvalue weighted by molar-refractivity contribution is 6.07. The van der Waals surface area contributed by atoms with Gasteiger partial charge in [-0.15, -0.1) is 5.01 Å². The van der Waals surface area contributed by atoms with E-state index in [-0.39, 0.29) is 5.56 Å². The number of nitrogens with zero attached hydrogens (tertiary/aromatic N) is 2. The van der Waals surface area contributed by atoms with Crippen LogP contribution in [0.5, 0.6) is 0 Å². The molecule has 1 saturated heterocycles. The number of amides is 3. The van der Waals surface area contributed by atoms with Crippen molar-refractivity contribution in [2.75, 3.05) is 0 Å². The molecule has 1 atom stereocenters. The molecule has 0 unspecified atom stereocenters. The molecule has 2 N–H and O–H groups in total. The number of rotatable bonds is 4. The van der Waals surface area contributed by atoms with E-state index in [2.05, 4.69) is 10.4 Å². The molecule has 7 nitrogen and oxygen atoms in total. The molecule has 2 rings (SSSR count). The molecule has 7 heteroatoms. The summed E-state index contributed by atoms with van der Waals surface area (Å²) in [7, 11) is 0. The van der Waals surface area contributed by atoms with Gasteiger partial charge in [-0.3, -0.25) is 4.79 Å². The van der Waals surface area contributed by atoms with Crippen molar-refractivity contribution in [1.29, 1.82) is 0 Å². The minimum atomic E-state index is -1.10. The molecule has 1 fully saturated rings. The fourth-order valence-electron chi connectivity index (χ4n) is 1.94. The average Bonchev–Trinajstić information content (AvgIpc) is 2.68. The third-order valence-corrected chi connectivity index (χ3v) is 3.45. The Balaban J connectivity index is 2.29. The fourth-order valence-corrected chi connectivity index (χ4v) is 1.94. The molecule has 21 heavy (non-hydrogen) atoms. The van der Waals surface area contributed by atoms with Crippen LogP contribution in [0.2, 0.25) is 0 Å². The van der Waals surface area contributed by atoms with Gasteiger partial charge >= 0.3 is 12.0 Å². The van der Waals surface area contributed by atoms with Crippen molar-refractivity contribution < 1.29 is 19.5 Å². The topological polar surface area (TPSA) is 99.1 Å². The van der Waals surface area contributed by atoms with Crippen molar-refractivity contribution in [1.82, 2.24) is 10.3 Å². The first-order valence-corrected chi connectivity index (χ1v) is 6.42. The van der Waals surface area contributed by atoms with Crippen LogP contribution >= 0.6 is 0 Å². The number of hydrogen-bond donors (Lipinski definition) is 2. The van der Waals surface area contributed by atoms with Gasteiger partial charge in [0.2, 0.25) is 0 Å². The number of carbonyl (C=O) groups excluding carboxylic acids is 2. The third-order valence-electron chi connectivity index (χ3n) is 3.45. The molecule has 3 amide bonds. The maximum absolute atomic E-state index is 12.1. The second kappa shape index (κ2) is 5.35. The fraction of sp³-hybridized carbons (Fsp3) is 0.286. The summed E-state index contributed by atoms with van der Waals surface area (Å²) in [6, 6.07) is 5.59. The Morgan fingerprint density at radius 1 is 1.43 bits per heavy atom. The van der Waals surface area contributed by atoms with Crippen molar-refractivity contribution in [3.8, 4) is 0 Å². The Morgan fingerprint density at radius 3 is 2.67 bits per heavy atom. The lowest BCUT2D eigenvalue weighted by Gasteiger charge is -2.17. The number of hydrazone groups is 1. The summed E-state index contributed by atoms with van der Waals surface area (Å²) in [6.45, 7) is 3.40. The molecule has 1 aliphatic heterocycles. The second-order valence-corrected chi connectivity index (χ2v) is 4.87. The van der Waals surface area contributed by atoms with Crippen LogP contribution in [0.1, 0.15) is 36.2 Å². The van der Waals surface area contributed by atoms with Crippen molar-refractivity contribution in [2.45, 2.75) is 25.8 Å². The molecule has 0 bridgehead atoms. The molecule has 1 aromatic carbocycles. The summed E-state index contributed by atoms with van der Waals surface area (Å²) in [5, 5.41) is 16.2. The number of hydrogen-bond acceptors (Lipinski definition) is 4. The molecule has 0 spiro atoms. The van der Waals surface area contributed by atoms with E-state index in [1.807, 2.05) is 0 Å². The van der Waals surface area contributed by atoms with Crippen LogP contribution in [0.3, 0.4) is 0 Å². The number of carboxylic acid groups (broad SMARTS) is 1. The molecular weight excluding hydrogens is 274 g/mol. The summed E-state index contributed by atoms with van der Waals surface area (Å²) >= 11 is 0. The molecule has 1 aliphatic rings. The smallest absolute Gasteiger partial charge is 0.346 e. The largest absolute Gasteiger partial charge is 0.478 e. The van der Waals surface area contributed by atoms with Crippen LogP contribution in [0, 0.1) is 0 Å².